The van der Waals surface area contributed by atoms with Crippen molar-refractivity contribution in [3.63, 3.8) is 0 Å². The summed E-state index contributed by atoms with van der Waals surface area (Å²) in [5.41, 5.74) is 0. The molecule has 1 rings (SSSR count). The summed E-state index contributed by atoms with van der Waals surface area (Å²) in [5.74, 6) is 0.155. The molecule has 4 atom stereocenters. The Morgan fingerprint density at radius 1 is 1.28 bits per heavy atom. The van der Waals surface area contributed by atoms with E-state index in [1.807, 2.05) is 0 Å². The van der Waals surface area contributed by atoms with Crippen LogP contribution < -0.4 is 5.32 Å². The minimum absolute atomic E-state index is 0.0264. The first kappa shape index (κ1) is 22.0. The van der Waals surface area contributed by atoms with Crippen LogP contribution in [0.3, 0.4) is 0 Å². The predicted octanol–water partition coefficient (Wildman–Crippen LogP) is 2.85. The fraction of sp³-hybridized carbons (Fsp3) is 0.789. The Kier molecular flexibility index (Phi) is 10.1. The molecular weight excluding hydrogens is 340 g/mol. The summed E-state index contributed by atoms with van der Waals surface area (Å²) in [6.07, 6.45) is 9.46. The van der Waals surface area contributed by atoms with Gasteiger partial charge in [0.05, 0.1) is 18.0 Å². The summed E-state index contributed by atoms with van der Waals surface area (Å²) in [4.78, 5) is 26.3. The van der Waals surface area contributed by atoms with Crippen molar-refractivity contribution >= 4 is 23.4 Å². The minimum Gasteiger partial charge on any atom is -0.390 e. The van der Waals surface area contributed by atoms with Gasteiger partial charge in [0.2, 0.25) is 11.8 Å². The van der Waals surface area contributed by atoms with Gasteiger partial charge < -0.3 is 15.3 Å². The Morgan fingerprint density at radius 3 is 2.64 bits per heavy atom. The Morgan fingerprint density at radius 2 is 1.96 bits per heavy atom. The van der Waals surface area contributed by atoms with Gasteiger partial charge in [-0.3, -0.25) is 9.59 Å². The number of alkyl halides is 1. The molecule has 0 fully saturated rings. The van der Waals surface area contributed by atoms with Crippen molar-refractivity contribution in [2.75, 3.05) is 12.9 Å². The molecule has 0 aliphatic carbocycles. The number of carbonyl (C=O) groups excluding carboxylic acids is 2. The van der Waals surface area contributed by atoms with Crippen LogP contribution in [0.15, 0.2) is 12.2 Å². The second kappa shape index (κ2) is 11.5. The van der Waals surface area contributed by atoms with Gasteiger partial charge in [0, 0.05) is 13.5 Å². The predicted molar refractivity (Wildman–Crippen MR) is 102 cm³/mol. The lowest BCUT2D eigenvalue weighted by molar-refractivity contribution is -0.139. The summed E-state index contributed by atoms with van der Waals surface area (Å²) in [6.45, 7) is 3.84. The molecule has 2 amide bonds. The molecule has 2 unspecified atom stereocenters. The van der Waals surface area contributed by atoms with Gasteiger partial charge in [-0.2, -0.15) is 0 Å². The number of likely N-dealkylation sites (N-methyl/N-ethyl adjacent to an activating group) is 1. The van der Waals surface area contributed by atoms with E-state index in [4.69, 9.17) is 11.6 Å². The first-order valence-corrected chi connectivity index (χ1v) is 9.85. The van der Waals surface area contributed by atoms with E-state index in [2.05, 4.69) is 24.4 Å². The van der Waals surface area contributed by atoms with Gasteiger partial charge in [-0.05, 0) is 51.4 Å². The Hall–Kier alpha value is -1.07. The maximum absolute atomic E-state index is 12.5. The van der Waals surface area contributed by atoms with E-state index in [0.717, 1.165) is 32.1 Å². The fourth-order valence-electron chi connectivity index (χ4n) is 3.00. The van der Waals surface area contributed by atoms with Crippen LogP contribution in [0.25, 0.3) is 0 Å². The fourth-order valence-corrected chi connectivity index (χ4v) is 3.21. The van der Waals surface area contributed by atoms with Crippen LogP contribution in [0.2, 0.25) is 0 Å². The quantitative estimate of drug-likeness (QED) is 0.578. The molecule has 0 bridgehead atoms. The maximum atomic E-state index is 12.5. The van der Waals surface area contributed by atoms with Gasteiger partial charge >= 0.3 is 0 Å². The van der Waals surface area contributed by atoms with E-state index in [1.54, 1.807) is 14.0 Å². The van der Waals surface area contributed by atoms with E-state index >= 15 is 0 Å². The topological polar surface area (TPSA) is 69.6 Å². The highest BCUT2D eigenvalue weighted by Gasteiger charge is 2.28. The molecule has 1 heterocycles. The Labute approximate surface area is 156 Å². The van der Waals surface area contributed by atoms with E-state index in [1.165, 1.54) is 4.90 Å². The van der Waals surface area contributed by atoms with Gasteiger partial charge in [-0.15, -0.1) is 11.6 Å². The van der Waals surface area contributed by atoms with Crippen molar-refractivity contribution in [2.45, 2.75) is 77.0 Å². The molecule has 1 aliphatic rings. The third kappa shape index (κ3) is 7.78. The number of allylic oxidation sites excluding steroid dienone is 2. The molecule has 0 saturated carbocycles. The molecule has 0 saturated heterocycles. The molecule has 0 aromatic heterocycles. The Bertz CT molecular complexity index is 456. The van der Waals surface area contributed by atoms with Gasteiger partial charge in [0.25, 0.3) is 0 Å². The third-order valence-electron chi connectivity index (χ3n) is 4.96. The standard InChI is InChI=1S/C19H33ClN2O3/c1-14-10-8-6-4-5-7-9-11-18(24)22(3)15(2)19(25)21-16(12-14)17(23)13-20/h4,6,14-17,23H,5,7-13H2,1-3H3,(H,21,25)/b6-4+/t14-,15+,16?,17?/m1/s1. The number of carbonyl (C=O) groups is 2. The van der Waals surface area contributed by atoms with E-state index in [-0.39, 0.29) is 17.7 Å². The summed E-state index contributed by atoms with van der Waals surface area (Å²) in [6, 6.07) is -0.969. The molecule has 2 N–H and O–H groups in total. The normalized spacial score (nSPS) is 30.6. The molecule has 0 aromatic rings. The molecule has 0 aromatic carbocycles. The zero-order chi connectivity index (χ0) is 18.8. The lowest BCUT2D eigenvalue weighted by Gasteiger charge is -2.30. The van der Waals surface area contributed by atoms with Gasteiger partial charge in [-0.25, -0.2) is 0 Å². The van der Waals surface area contributed by atoms with Crippen molar-refractivity contribution in [1.29, 1.82) is 0 Å². The number of nitrogens with zero attached hydrogens (tertiary/aromatic N) is 1. The van der Waals surface area contributed by atoms with Crippen LogP contribution >= 0.6 is 11.6 Å². The summed E-state index contributed by atoms with van der Waals surface area (Å²) in [5, 5.41) is 13.1. The number of hydrogen-bond acceptors (Lipinski definition) is 3. The van der Waals surface area contributed by atoms with Crippen molar-refractivity contribution in [1.82, 2.24) is 10.2 Å². The second-order valence-electron chi connectivity index (χ2n) is 7.15. The molecule has 0 radical (unpaired) electrons. The number of hydrogen-bond donors (Lipinski definition) is 2. The largest absolute Gasteiger partial charge is 0.390 e. The number of nitrogens with one attached hydrogen (secondary N) is 1. The SMILES string of the molecule is C[C@@H]1CC/C=C/CCCCC(=O)N(C)[C@@H](C)C(=O)NC(C(O)CCl)C1. The molecule has 0 spiro atoms. The number of aliphatic hydroxyl groups excluding tert-OH is 1. The van der Waals surface area contributed by atoms with Crippen LogP contribution in [0.5, 0.6) is 0 Å². The van der Waals surface area contributed by atoms with Crippen molar-refractivity contribution in [2.24, 2.45) is 5.92 Å². The molecule has 5 nitrogen and oxygen atoms in total. The van der Waals surface area contributed by atoms with Crippen LogP contribution in [0, 0.1) is 5.92 Å². The first-order valence-electron chi connectivity index (χ1n) is 9.31. The first-order chi connectivity index (χ1) is 11.9. The van der Waals surface area contributed by atoms with E-state index < -0.39 is 18.2 Å². The van der Waals surface area contributed by atoms with E-state index in [0.29, 0.717) is 18.8 Å². The number of aliphatic hydroxyl groups is 1. The van der Waals surface area contributed by atoms with Crippen molar-refractivity contribution in [3.8, 4) is 0 Å². The van der Waals surface area contributed by atoms with Crippen LogP contribution in [0.4, 0.5) is 0 Å². The second-order valence-corrected chi connectivity index (χ2v) is 7.46. The maximum Gasteiger partial charge on any atom is 0.242 e. The summed E-state index contributed by atoms with van der Waals surface area (Å²) in [7, 11) is 1.66. The highest BCUT2D eigenvalue weighted by atomic mass is 35.5. The smallest absolute Gasteiger partial charge is 0.242 e. The summed E-state index contributed by atoms with van der Waals surface area (Å²) >= 11 is 5.80. The average molecular weight is 373 g/mol. The Balaban J connectivity index is 2.86. The molecule has 1 aliphatic heterocycles. The number of rotatable bonds is 2. The average Bonchev–Trinajstić information content (AvgIpc) is 2.60. The zero-order valence-corrected chi connectivity index (χ0v) is 16.5. The van der Waals surface area contributed by atoms with Crippen LogP contribution in [-0.4, -0.2) is 52.9 Å². The molecule has 144 valence electrons. The monoisotopic (exact) mass is 372 g/mol. The van der Waals surface area contributed by atoms with Crippen LogP contribution in [-0.2, 0) is 9.59 Å². The van der Waals surface area contributed by atoms with E-state index in [9.17, 15) is 14.7 Å². The lowest BCUT2D eigenvalue weighted by Crippen LogP contribution is -2.52. The van der Waals surface area contributed by atoms with Crippen molar-refractivity contribution in [3.05, 3.63) is 12.2 Å². The highest BCUT2D eigenvalue weighted by molar-refractivity contribution is 6.18. The lowest BCUT2D eigenvalue weighted by atomic mass is 9.94. The summed E-state index contributed by atoms with van der Waals surface area (Å²) < 4.78 is 0. The minimum atomic E-state index is -0.796. The van der Waals surface area contributed by atoms with Gasteiger partial charge in [0.1, 0.15) is 6.04 Å². The highest BCUT2D eigenvalue weighted by Crippen LogP contribution is 2.17. The van der Waals surface area contributed by atoms with Gasteiger partial charge in [-0.1, -0.05) is 19.1 Å². The molecular formula is C19H33ClN2O3. The number of amides is 2. The third-order valence-corrected chi connectivity index (χ3v) is 5.28. The number of halogens is 1. The molecule has 6 heteroatoms. The molecule has 25 heavy (non-hydrogen) atoms. The van der Waals surface area contributed by atoms with Gasteiger partial charge in [0.15, 0.2) is 0 Å². The van der Waals surface area contributed by atoms with Crippen molar-refractivity contribution < 1.29 is 14.7 Å². The van der Waals surface area contributed by atoms with Crippen LogP contribution in [0.1, 0.15) is 58.8 Å². The zero-order valence-electron chi connectivity index (χ0n) is 15.7.